The van der Waals surface area contributed by atoms with Crippen LogP contribution in [0.2, 0.25) is 0 Å². The molecule has 0 N–H and O–H groups in total. The molecule has 0 heterocycles. The van der Waals surface area contributed by atoms with E-state index in [1.807, 2.05) is 0 Å². The summed E-state index contributed by atoms with van der Waals surface area (Å²) in [6.07, 6.45) is 9.30. The van der Waals surface area contributed by atoms with Gasteiger partial charge in [0, 0.05) is 19.3 Å². The summed E-state index contributed by atoms with van der Waals surface area (Å²) < 4.78 is 32.2. The summed E-state index contributed by atoms with van der Waals surface area (Å²) in [5, 5.41) is 0. The lowest BCUT2D eigenvalue weighted by Crippen LogP contribution is -2.65. The van der Waals surface area contributed by atoms with Gasteiger partial charge in [0.2, 0.25) is 10.4 Å². The number of hydrogen-bond acceptors (Lipinski definition) is 4. The molecule has 0 aliphatic heterocycles. The fraction of sp³-hybridized carbons (Fsp3) is 1.00. The third-order valence-electron chi connectivity index (χ3n) is 5.63. The SMILES string of the molecule is COS(=O)(=O)[O-].C[N+](C)(C)C12CC3CC(CC(C3)C1)C2. The summed E-state index contributed by atoms with van der Waals surface area (Å²) in [6.45, 7) is 0. The summed E-state index contributed by atoms with van der Waals surface area (Å²) in [5.74, 6) is 3.29. The summed E-state index contributed by atoms with van der Waals surface area (Å²) >= 11 is 0. The van der Waals surface area contributed by atoms with Crippen molar-refractivity contribution in [1.29, 1.82) is 0 Å². The molecule has 5 nitrogen and oxygen atoms in total. The van der Waals surface area contributed by atoms with E-state index in [0.29, 0.717) is 5.54 Å². The van der Waals surface area contributed by atoms with E-state index < -0.39 is 10.4 Å². The summed E-state index contributed by atoms with van der Waals surface area (Å²) in [5.41, 5.74) is 0.675. The van der Waals surface area contributed by atoms with Gasteiger partial charge in [-0.1, -0.05) is 0 Å². The van der Waals surface area contributed by atoms with Crippen LogP contribution in [-0.4, -0.2) is 51.2 Å². The lowest BCUT2D eigenvalue weighted by atomic mass is 9.52. The molecular weight excluding hydrogens is 278 g/mol. The van der Waals surface area contributed by atoms with Gasteiger partial charge in [-0.3, -0.25) is 4.18 Å². The third kappa shape index (κ3) is 3.35. The fourth-order valence-electron chi connectivity index (χ4n) is 4.89. The van der Waals surface area contributed by atoms with E-state index in [1.54, 1.807) is 19.3 Å². The molecule has 6 heteroatoms. The van der Waals surface area contributed by atoms with Crippen molar-refractivity contribution in [3.63, 3.8) is 0 Å². The van der Waals surface area contributed by atoms with E-state index >= 15 is 0 Å². The smallest absolute Gasteiger partial charge is 0.217 e. The Morgan fingerprint density at radius 1 is 1.00 bits per heavy atom. The first-order valence-electron chi connectivity index (χ1n) is 7.38. The maximum Gasteiger partial charge on any atom is 0.217 e. The van der Waals surface area contributed by atoms with E-state index in [4.69, 9.17) is 0 Å². The molecule has 0 saturated heterocycles. The van der Waals surface area contributed by atoms with E-state index in [0.717, 1.165) is 24.9 Å². The zero-order chi connectivity index (χ0) is 15.2. The standard InChI is InChI=1S/C13H24N.CH4O4S/c1-14(2,3)13-7-10-4-11(8-13)6-12(5-10)9-13;1-5-6(2,3)4/h10-12H,4-9H2,1-3H3;1H3,(H,2,3,4)/q+1;/p-1. The summed E-state index contributed by atoms with van der Waals surface area (Å²) in [4.78, 5) is 0. The molecule has 4 aliphatic rings. The first-order valence-corrected chi connectivity index (χ1v) is 8.71. The molecule has 4 aliphatic carbocycles. The molecule has 20 heavy (non-hydrogen) atoms. The summed E-state index contributed by atoms with van der Waals surface area (Å²) in [6, 6.07) is 0. The number of rotatable bonds is 2. The highest BCUT2D eigenvalue weighted by Gasteiger charge is 2.57. The topological polar surface area (TPSA) is 66.4 Å². The normalized spacial score (nSPS) is 39.4. The predicted molar refractivity (Wildman–Crippen MR) is 75.6 cm³/mol. The Hall–Kier alpha value is -0.170. The number of nitrogens with zero attached hydrogens (tertiary/aromatic N) is 1. The Kier molecular flexibility index (Phi) is 4.24. The van der Waals surface area contributed by atoms with Crippen LogP contribution in [0, 0.1) is 17.8 Å². The number of hydrogen-bond donors (Lipinski definition) is 0. The average molecular weight is 305 g/mol. The Morgan fingerprint density at radius 2 is 1.30 bits per heavy atom. The molecule has 0 aromatic carbocycles. The monoisotopic (exact) mass is 305 g/mol. The molecule has 0 spiro atoms. The molecule has 0 aromatic rings. The summed E-state index contributed by atoms with van der Waals surface area (Å²) in [7, 11) is 3.67. The molecule has 0 atom stereocenters. The van der Waals surface area contributed by atoms with Crippen molar-refractivity contribution < 1.29 is 21.6 Å². The molecule has 0 radical (unpaired) electrons. The van der Waals surface area contributed by atoms with Crippen LogP contribution in [0.5, 0.6) is 0 Å². The quantitative estimate of drug-likeness (QED) is 0.443. The molecule has 4 rings (SSSR count). The van der Waals surface area contributed by atoms with Crippen molar-refractivity contribution in [1.82, 2.24) is 0 Å². The lowest BCUT2D eigenvalue weighted by Gasteiger charge is -2.61. The molecule has 0 amide bonds. The van der Waals surface area contributed by atoms with E-state index in [-0.39, 0.29) is 0 Å². The van der Waals surface area contributed by atoms with Crippen molar-refractivity contribution in [2.24, 2.45) is 17.8 Å². The maximum atomic E-state index is 9.22. The van der Waals surface area contributed by atoms with Crippen molar-refractivity contribution in [3.8, 4) is 0 Å². The Balaban J connectivity index is 0.000000212. The molecule has 118 valence electrons. The van der Waals surface area contributed by atoms with Gasteiger partial charge in [0.25, 0.3) is 0 Å². The maximum absolute atomic E-state index is 9.22. The van der Waals surface area contributed by atoms with Gasteiger partial charge in [0.05, 0.1) is 33.8 Å². The zero-order valence-corrected chi connectivity index (χ0v) is 13.8. The van der Waals surface area contributed by atoms with Gasteiger partial charge >= 0.3 is 0 Å². The molecule has 4 saturated carbocycles. The van der Waals surface area contributed by atoms with Crippen LogP contribution < -0.4 is 0 Å². The average Bonchev–Trinajstić information content (AvgIpc) is 2.25. The highest BCUT2D eigenvalue weighted by atomic mass is 32.3. The van der Waals surface area contributed by atoms with Crippen LogP contribution >= 0.6 is 0 Å². The van der Waals surface area contributed by atoms with Crippen molar-refractivity contribution in [3.05, 3.63) is 0 Å². The Morgan fingerprint density at radius 3 is 1.50 bits per heavy atom. The minimum atomic E-state index is -4.41. The largest absolute Gasteiger partial charge is 0.726 e. The van der Waals surface area contributed by atoms with Crippen LogP contribution in [0.25, 0.3) is 0 Å². The van der Waals surface area contributed by atoms with E-state index in [1.165, 1.54) is 23.7 Å². The van der Waals surface area contributed by atoms with Gasteiger partial charge in [-0.2, -0.15) is 0 Å². The first kappa shape index (κ1) is 16.2. The van der Waals surface area contributed by atoms with Crippen LogP contribution in [-0.2, 0) is 14.6 Å². The predicted octanol–water partition coefficient (Wildman–Crippen LogP) is 1.75. The highest BCUT2D eigenvalue weighted by molar-refractivity contribution is 7.80. The zero-order valence-electron chi connectivity index (χ0n) is 13.0. The molecule has 4 bridgehead atoms. The van der Waals surface area contributed by atoms with Crippen LogP contribution in [0.4, 0.5) is 0 Å². The highest BCUT2D eigenvalue weighted by Crippen LogP contribution is 2.58. The van der Waals surface area contributed by atoms with Crippen LogP contribution in [0.15, 0.2) is 0 Å². The van der Waals surface area contributed by atoms with E-state index in [2.05, 4.69) is 25.3 Å². The van der Waals surface area contributed by atoms with Crippen molar-refractivity contribution in [2.75, 3.05) is 28.3 Å². The second-order valence-electron chi connectivity index (χ2n) is 7.73. The van der Waals surface area contributed by atoms with Gasteiger partial charge < -0.3 is 9.04 Å². The van der Waals surface area contributed by atoms with Crippen LogP contribution in [0.3, 0.4) is 0 Å². The fourth-order valence-corrected chi connectivity index (χ4v) is 4.89. The Labute approximate surface area is 122 Å². The van der Waals surface area contributed by atoms with Gasteiger partial charge in [-0.25, -0.2) is 8.42 Å². The molecular formula is C14H27NO4S. The number of quaternary nitrogens is 1. The van der Waals surface area contributed by atoms with E-state index in [9.17, 15) is 13.0 Å². The lowest BCUT2D eigenvalue weighted by molar-refractivity contribution is -0.930. The van der Waals surface area contributed by atoms with Crippen LogP contribution in [0.1, 0.15) is 38.5 Å². The van der Waals surface area contributed by atoms with Gasteiger partial charge in [0.1, 0.15) is 0 Å². The van der Waals surface area contributed by atoms with Gasteiger partial charge in [0.15, 0.2) is 0 Å². The third-order valence-corrected chi connectivity index (χ3v) is 6.04. The molecule has 0 unspecified atom stereocenters. The van der Waals surface area contributed by atoms with Crippen molar-refractivity contribution >= 4 is 10.4 Å². The molecule has 0 aromatic heterocycles. The minimum Gasteiger partial charge on any atom is -0.726 e. The van der Waals surface area contributed by atoms with Gasteiger partial charge in [-0.15, -0.1) is 0 Å². The van der Waals surface area contributed by atoms with Crippen molar-refractivity contribution in [2.45, 2.75) is 44.1 Å². The second-order valence-corrected chi connectivity index (χ2v) is 8.88. The second kappa shape index (κ2) is 5.23. The minimum absolute atomic E-state index is 0.675. The Bertz CT molecular complexity index is 417. The molecule has 4 fully saturated rings. The van der Waals surface area contributed by atoms with Gasteiger partial charge in [-0.05, 0) is 37.0 Å². The first-order chi connectivity index (χ1) is 9.05.